The van der Waals surface area contributed by atoms with Crippen LogP contribution in [0.2, 0.25) is 0 Å². The number of carbonyl (C=O) groups excluding carboxylic acids is 3. The number of aliphatic hydroxyl groups is 3. The number of rotatable bonds is 4. The highest BCUT2D eigenvalue weighted by molar-refractivity contribution is 6.24. The summed E-state index contributed by atoms with van der Waals surface area (Å²) in [5.41, 5.74) is 2.16. The summed E-state index contributed by atoms with van der Waals surface area (Å²) in [4.78, 5) is 39.0. The first-order chi connectivity index (χ1) is 16.0. The number of hydrogen-bond acceptors (Lipinski definition) is 9. The van der Waals surface area contributed by atoms with Crippen LogP contribution < -0.4 is 11.1 Å². The lowest BCUT2D eigenvalue weighted by Gasteiger charge is -2.50. The fraction of sp³-hybridized carbons (Fsp3) is 0.458. The first-order valence-electron chi connectivity index (χ1n) is 11.1. The van der Waals surface area contributed by atoms with E-state index in [0.717, 1.165) is 0 Å². The summed E-state index contributed by atoms with van der Waals surface area (Å²) in [7, 11) is 0. The van der Waals surface area contributed by atoms with Gasteiger partial charge in [-0.25, -0.2) is 0 Å². The first kappa shape index (κ1) is 22.6. The van der Waals surface area contributed by atoms with E-state index in [-0.39, 0.29) is 35.1 Å². The minimum absolute atomic E-state index is 0.0590. The van der Waals surface area contributed by atoms with Crippen molar-refractivity contribution < 1.29 is 39.5 Å². The van der Waals surface area contributed by atoms with Gasteiger partial charge in [0.05, 0.1) is 24.8 Å². The van der Waals surface area contributed by atoms with Crippen LogP contribution in [-0.4, -0.2) is 69.3 Å². The first-order valence-corrected chi connectivity index (χ1v) is 11.1. The van der Waals surface area contributed by atoms with Gasteiger partial charge in [0.1, 0.15) is 22.8 Å². The topological polar surface area (TPSA) is 179 Å². The number of ether oxygens (including phenoxy) is 1. The van der Waals surface area contributed by atoms with Crippen molar-refractivity contribution in [1.29, 1.82) is 0 Å². The molecule has 180 valence electrons. The van der Waals surface area contributed by atoms with E-state index in [4.69, 9.17) is 10.5 Å². The van der Waals surface area contributed by atoms with Crippen molar-refractivity contribution in [3.63, 3.8) is 0 Å². The lowest BCUT2D eigenvalue weighted by Crippen LogP contribution is -2.67. The Morgan fingerprint density at radius 3 is 2.56 bits per heavy atom. The zero-order chi connectivity index (χ0) is 24.6. The molecule has 4 unspecified atom stereocenters. The quantitative estimate of drug-likeness (QED) is 0.331. The Labute approximate surface area is 194 Å². The Morgan fingerprint density at radius 1 is 1.24 bits per heavy atom. The van der Waals surface area contributed by atoms with Crippen molar-refractivity contribution in [3.8, 4) is 5.75 Å². The molecule has 4 atom stereocenters. The van der Waals surface area contributed by atoms with Gasteiger partial charge in [-0.05, 0) is 30.4 Å². The average Bonchev–Trinajstić information content (AvgIpc) is 2.74. The number of fused-ring (bicyclic) bond motifs is 3. The Bertz CT molecular complexity index is 1200. The standard InChI is InChI=1S/C24H26N2O8/c1-23(8-34-9-23)7-26-17-12-6-11-5-10-3-2-4-13(27)14(10)18(28)15(11)20(30)24(12,33)21(31)16(19(17)29)22(25)32/h2-4,11-12,17,26-28,31,33H,5-9H2,1H3,(H2,25,32). The molecule has 34 heavy (non-hydrogen) atoms. The minimum Gasteiger partial charge on any atom is -0.508 e. The Morgan fingerprint density at radius 2 is 1.94 bits per heavy atom. The Hall–Kier alpha value is -3.21. The van der Waals surface area contributed by atoms with Crippen LogP contribution >= 0.6 is 0 Å². The van der Waals surface area contributed by atoms with Gasteiger partial charge in [0.2, 0.25) is 5.78 Å². The molecule has 3 aliphatic carbocycles. The zero-order valence-electron chi connectivity index (χ0n) is 18.5. The molecule has 5 rings (SSSR count). The molecule has 1 saturated carbocycles. The highest BCUT2D eigenvalue weighted by atomic mass is 16.5. The smallest absolute Gasteiger partial charge is 0.255 e. The molecule has 10 heteroatoms. The Balaban J connectivity index is 1.63. The summed E-state index contributed by atoms with van der Waals surface area (Å²) >= 11 is 0. The van der Waals surface area contributed by atoms with Crippen molar-refractivity contribution in [2.45, 2.75) is 31.4 Å². The van der Waals surface area contributed by atoms with Crippen LogP contribution in [0.25, 0.3) is 5.76 Å². The summed E-state index contributed by atoms with van der Waals surface area (Å²) in [5.74, 6) is -6.58. The predicted molar refractivity (Wildman–Crippen MR) is 117 cm³/mol. The Kier molecular flexibility index (Phi) is 4.91. The van der Waals surface area contributed by atoms with Crippen molar-refractivity contribution in [2.75, 3.05) is 19.8 Å². The normalized spacial score (nSPS) is 32.0. The average molecular weight is 470 g/mol. The molecule has 2 fully saturated rings. The third kappa shape index (κ3) is 2.95. The number of benzene rings is 1. The van der Waals surface area contributed by atoms with Crippen LogP contribution in [0.3, 0.4) is 0 Å². The molecule has 1 amide bonds. The maximum Gasteiger partial charge on any atom is 0.255 e. The number of carbonyl (C=O) groups is 3. The lowest BCUT2D eigenvalue weighted by molar-refractivity contribution is -0.151. The summed E-state index contributed by atoms with van der Waals surface area (Å²) in [6, 6.07) is 3.54. The number of primary amides is 1. The SMILES string of the molecule is CC1(CNC2C(=O)C(C(N)=O)=C(O)C3(O)C(=O)C4=C(O)c5c(O)cccc5CC4CC23)COC1. The van der Waals surface area contributed by atoms with Gasteiger partial charge in [-0.2, -0.15) is 0 Å². The van der Waals surface area contributed by atoms with Crippen molar-refractivity contribution >= 4 is 23.2 Å². The monoisotopic (exact) mass is 470 g/mol. The third-order valence-electron chi connectivity index (χ3n) is 7.59. The maximum absolute atomic E-state index is 13.7. The van der Waals surface area contributed by atoms with Gasteiger partial charge in [0, 0.05) is 23.5 Å². The zero-order valence-corrected chi connectivity index (χ0v) is 18.5. The molecule has 1 aromatic rings. The maximum atomic E-state index is 13.7. The number of nitrogens with two attached hydrogens (primary N) is 1. The van der Waals surface area contributed by atoms with E-state index in [2.05, 4.69) is 5.32 Å². The molecule has 10 nitrogen and oxygen atoms in total. The van der Waals surface area contributed by atoms with Gasteiger partial charge in [0.15, 0.2) is 11.4 Å². The number of aliphatic hydroxyl groups excluding tert-OH is 2. The predicted octanol–water partition coefficient (Wildman–Crippen LogP) is 0.0285. The number of aromatic hydroxyl groups is 1. The van der Waals surface area contributed by atoms with Crippen LogP contribution in [0.4, 0.5) is 0 Å². The third-order valence-corrected chi connectivity index (χ3v) is 7.59. The van der Waals surface area contributed by atoms with E-state index in [9.17, 15) is 34.8 Å². The van der Waals surface area contributed by atoms with E-state index < -0.39 is 58.0 Å². The fourth-order valence-electron chi connectivity index (χ4n) is 5.76. The van der Waals surface area contributed by atoms with Crippen LogP contribution in [-0.2, 0) is 25.5 Å². The van der Waals surface area contributed by atoms with Crippen LogP contribution in [0, 0.1) is 17.3 Å². The number of amides is 1. The second kappa shape index (κ2) is 7.39. The highest BCUT2D eigenvalue weighted by Gasteiger charge is 2.63. The van der Waals surface area contributed by atoms with Gasteiger partial charge < -0.3 is 36.2 Å². The van der Waals surface area contributed by atoms with Gasteiger partial charge in [0.25, 0.3) is 5.91 Å². The largest absolute Gasteiger partial charge is 0.508 e. The number of phenols is 1. The number of nitrogens with one attached hydrogen (secondary N) is 1. The molecular formula is C24H26N2O8. The second-order valence-electron chi connectivity index (χ2n) is 10.0. The molecule has 0 radical (unpaired) electrons. The van der Waals surface area contributed by atoms with E-state index in [1.54, 1.807) is 12.1 Å². The van der Waals surface area contributed by atoms with Crippen molar-refractivity contribution in [1.82, 2.24) is 5.32 Å². The van der Waals surface area contributed by atoms with E-state index >= 15 is 0 Å². The molecule has 0 bridgehead atoms. The van der Waals surface area contributed by atoms with Gasteiger partial charge in [-0.3, -0.25) is 14.4 Å². The van der Waals surface area contributed by atoms with Gasteiger partial charge in [-0.1, -0.05) is 19.1 Å². The molecule has 0 spiro atoms. The van der Waals surface area contributed by atoms with Crippen molar-refractivity contribution in [3.05, 3.63) is 46.2 Å². The summed E-state index contributed by atoms with van der Waals surface area (Å²) < 4.78 is 5.24. The molecule has 0 aromatic heterocycles. The summed E-state index contributed by atoms with van der Waals surface area (Å²) in [5, 5.41) is 46.8. The molecule has 7 N–H and O–H groups in total. The molecule has 4 aliphatic rings. The highest BCUT2D eigenvalue weighted by Crippen LogP contribution is 2.52. The fourth-order valence-corrected chi connectivity index (χ4v) is 5.76. The van der Waals surface area contributed by atoms with Gasteiger partial charge >= 0.3 is 0 Å². The molecule has 1 aliphatic heterocycles. The molecule has 1 aromatic carbocycles. The number of Topliss-reactive ketones (excluding diaryl/α,β-unsaturated/α-hetero) is 2. The molecule has 1 saturated heterocycles. The number of ketones is 2. The molecule has 1 heterocycles. The van der Waals surface area contributed by atoms with E-state index in [1.165, 1.54) is 6.07 Å². The minimum atomic E-state index is -2.64. The molecular weight excluding hydrogens is 444 g/mol. The van der Waals surface area contributed by atoms with Crippen LogP contribution in [0.1, 0.15) is 24.5 Å². The van der Waals surface area contributed by atoms with Crippen molar-refractivity contribution in [2.24, 2.45) is 23.0 Å². The second-order valence-corrected chi connectivity index (χ2v) is 10.0. The number of phenolic OH excluding ortho intramolecular Hbond substituents is 1. The van der Waals surface area contributed by atoms with Gasteiger partial charge in [-0.15, -0.1) is 0 Å². The number of hydrogen-bond donors (Lipinski definition) is 6. The summed E-state index contributed by atoms with van der Waals surface area (Å²) in [6.45, 7) is 3.18. The van der Waals surface area contributed by atoms with E-state index in [1.807, 2.05) is 6.92 Å². The summed E-state index contributed by atoms with van der Waals surface area (Å²) in [6.07, 6.45) is 0.338. The lowest BCUT2D eigenvalue weighted by atomic mass is 9.57. The van der Waals surface area contributed by atoms with Crippen LogP contribution in [0.5, 0.6) is 5.75 Å². The van der Waals surface area contributed by atoms with Crippen LogP contribution in [0.15, 0.2) is 35.1 Å². The van der Waals surface area contributed by atoms with E-state index in [0.29, 0.717) is 25.3 Å².